The van der Waals surface area contributed by atoms with Gasteiger partial charge in [0.15, 0.2) is 0 Å². The van der Waals surface area contributed by atoms with Crippen molar-refractivity contribution in [1.29, 1.82) is 0 Å². The fourth-order valence-electron chi connectivity index (χ4n) is 2.83. The van der Waals surface area contributed by atoms with Crippen LogP contribution >= 0.6 is 11.5 Å². The molecule has 1 heterocycles. The van der Waals surface area contributed by atoms with Crippen LogP contribution in [-0.4, -0.2) is 37.5 Å². The first-order valence-electron chi connectivity index (χ1n) is 9.64. The highest BCUT2D eigenvalue weighted by atomic mass is 32.2. The van der Waals surface area contributed by atoms with Gasteiger partial charge in [-0.3, -0.25) is 0 Å². The quantitative estimate of drug-likeness (QED) is 0.494. The maximum absolute atomic E-state index is 12.5. The molecule has 30 heavy (non-hydrogen) atoms. The van der Waals surface area contributed by atoms with Crippen LogP contribution in [0.2, 0.25) is 0 Å². The number of nitrogens with zero attached hydrogens (tertiary/aromatic N) is 2. The van der Waals surface area contributed by atoms with Gasteiger partial charge in [0.05, 0.1) is 12.0 Å². The molecule has 0 spiro atoms. The van der Waals surface area contributed by atoms with Gasteiger partial charge in [-0.1, -0.05) is 29.8 Å². The Labute approximate surface area is 181 Å². The first-order valence-corrected chi connectivity index (χ1v) is 11.9. The molecule has 2 aromatic carbocycles. The molecule has 0 aliphatic rings. The fraction of sp³-hybridized carbons (Fsp3) is 0.333. The molecule has 3 rings (SSSR count). The standard InChI is InChI=1S/C21H26N4O3S2/c1-15-4-6-17(7-5-15)14-20-23-21(29-24-20)22-13-12-16(2)25-30(26,27)19-10-8-18(28-3)9-11-19/h4-11,16,25H,12-14H2,1-3H3,(H,22,23,24). The molecular formula is C21H26N4O3S2. The molecule has 0 aliphatic carbocycles. The zero-order chi connectivity index (χ0) is 21.6. The minimum absolute atomic E-state index is 0.216. The summed E-state index contributed by atoms with van der Waals surface area (Å²) in [7, 11) is -2.03. The van der Waals surface area contributed by atoms with Crippen LogP contribution in [0.1, 0.15) is 30.3 Å². The molecule has 0 aliphatic heterocycles. The topological polar surface area (TPSA) is 93.2 Å². The van der Waals surface area contributed by atoms with E-state index in [1.54, 1.807) is 19.2 Å². The zero-order valence-corrected chi connectivity index (χ0v) is 18.9. The molecule has 0 radical (unpaired) electrons. The van der Waals surface area contributed by atoms with Gasteiger partial charge in [-0.15, -0.1) is 0 Å². The number of aryl methyl sites for hydroxylation is 1. The zero-order valence-electron chi connectivity index (χ0n) is 17.3. The fourth-order valence-corrected chi connectivity index (χ4v) is 4.72. The lowest BCUT2D eigenvalue weighted by Gasteiger charge is -2.14. The van der Waals surface area contributed by atoms with Crippen molar-refractivity contribution in [3.05, 3.63) is 65.5 Å². The minimum Gasteiger partial charge on any atom is -0.497 e. The number of hydrogen-bond donors (Lipinski definition) is 2. The van der Waals surface area contributed by atoms with Gasteiger partial charge < -0.3 is 10.1 Å². The van der Waals surface area contributed by atoms with Crippen molar-refractivity contribution >= 4 is 26.7 Å². The van der Waals surface area contributed by atoms with E-state index in [4.69, 9.17) is 4.74 Å². The van der Waals surface area contributed by atoms with Gasteiger partial charge in [0.1, 0.15) is 11.6 Å². The monoisotopic (exact) mass is 446 g/mol. The molecule has 0 bridgehead atoms. The second kappa shape index (κ2) is 10.0. The number of anilines is 1. The Morgan fingerprint density at radius 2 is 1.80 bits per heavy atom. The normalized spacial score (nSPS) is 12.5. The van der Waals surface area contributed by atoms with Gasteiger partial charge in [-0.25, -0.2) is 18.1 Å². The number of ether oxygens (including phenoxy) is 1. The maximum Gasteiger partial charge on any atom is 0.240 e. The summed E-state index contributed by atoms with van der Waals surface area (Å²) in [5.74, 6) is 1.39. The Bertz CT molecular complexity index is 1050. The molecule has 0 saturated carbocycles. The summed E-state index contributed by atoms with van der Waals surface area (Å²) in [6.45, 7) is 4.49. The Hall–Kier alpha value is -2.49. The van der Waals surface area contributed by atoms with E-state index in [9.17, 15) is 8.42 Å². The first kappa shape index (κ1) is 22.2. The predicted octanol–water partition coefficient (Wildman–Crippen LogP) is 3.61. The lowest BCUT2D eigenvalue weighted by molar-refractivity contribution is 0.414. The van der Waals surface area contributed by atoms with E-state index in [1.807, 2.05) is 6.92 Å². The van der Waals surface area contributed by atoms with Gasteiger partial charge in [0.2, 0.25) is 15.2 Å². The Balaban J connectivity index is 1.46. The lowest BCUT2D eigenvalue weighted by atomic mass is 10.1. The van der Waals surface area contributed by atoms with Crippen LogP contribution in [0.5, 0.6) is 5.75 Å². The first-order chi connectivity index (χ1) is 14.4. The SMILES string of the molecule is COc1ccc(S(=O)(=O)NC(C)CCNc2nc(Cc3ccc(C)cc3)ns2)cc1. The van der Waals surface area contributed by atoms with E-state index in [2.05, 4.69) is 50.6 Å². The van der Waals surface area contributed by atoms with E-state index in [0.717, 1.165) is 11.0 Å². The summed E-state index contributed by atoms with van der Waals surface area (Å²) in [6, 6.07) is 14.4. The molecule has 160 valence electrons. The average Bonchev–Trinajstić information content (AvgIpc) is 3.16. The number of benzene rings is 2. The van der Waals surface area contributed by atoms with Crippen LogP contribution in [0.15, 0.2) is 53.4 Å². The van der Waals surface area contributed by atoms with E-state index in [-0.39, 0.29) is 10.9 Å². The van der Waals surface area contributed by atoms with Crippen molar-refractivity contribution in [2.24, 2.45) is 0 Å². The van der Waals surface area contributed by atoms with Gasteiger partial charge >= 0.3 is 0 Å². The van der Waals surface area contributed by atoms with Crippen LogP contribution in [0.3, 0.4) is 0 Å². The Kier molecular flexibility index (Phi) is 7.41. The van der Waals surface area contributed by atoms with Crippen molar-refractivity contribution in [3.63, 3.8) is 0 Å². The molecule has 0 fully saturated rings. The van der Waals surface area contributed by atoms with Crippen molar-refractivity contribution in [2.45, 2.75) is 37.6 Å². The molecule has 7 nitrogen and oxygen atoms in total. The Morgan fingerprint density at radius 1 is 1.10 bits per heavy atom. The van der Waals surface area contributed by atoms with Crippen molar-refractivity contribution in [3.8, 4) is 5.75 Å². The summed E-state index contributed by atoms with van der Waals surface area (Å²) in [5.41, 5.74) is 2.40. The number of methoxy groups -OCH3 is 1. The minimum atomic E-state index is -3.57. The summed E-state index contributed by atoms with van der Waals surface area (Å²) in [5, 5.41) is 3.96. The van der Waals surface area contributed by atoms with Crippen LogP contribution in [0.25, 0.3) is 0 Å². The number of sulfonamides is 1. The molecule has 0 amide bonds. The predicted molar refractivity (Wildman–Crippen MR) is 120 cm³/mol. The molecule has 0 saturated heterocycles. The number of aromatic nitrogens is 2. The van der Waals surface area contributed by atoms with Gasteiger partial charge in [-0.05, 0) is 50.1 Å². The number of hydrogen-bond acceptors (Lipinski definition) is 7. The average molecular weight is 447 g/mol. The molecule has 3 aromatic rings. The van der Waals surface area contributed by atoms with E-state index < -0.39 is 10.0 Å². The van der Waals surface area contributed by atoms with Crippen LogP contribution in [0, 0.1) is 6.92 Å². The summed E-state index contributed by atoms with van der Waals surface area (Å²) < 4.78 is 37.1. The number of nitrogens with one attached hydrogen (secondary N) is 2. The van der Waals surface area contributed by atoms with Crippen LogP contribution in [-0.2, 0) is 16.4 Å². The largest absolute Gasteiger partial charge is 0.497 e. The molecule has 9 heteroatoms. The van der Waals surface area contributed by atoms with Crippen molar-refractivity contribution in [1.82, 2.24) is 14.1 Å². The van der Waals surface area contributed by atoms with E-state index in [0.29, 0.717) is 25.1 Å². The van der Waals surface area contributed by atoms with Crippen LogP contribution in [0.4, 0.5) is 5.13 Å². The third-order valence-corrected chi connectivity index (χ3v) is 6.85. The third kappa shape index (κ3) is 6.25. The van der Waals surface area contributed by atoms with Gasteiger partial charge in [0.25, 0.3) is 0 Å². The van der Waals surface area contributed by atoms with E-state index in [1.165, 1.54) is 34.8 Å². The van der Waals surface area contributed by atoms with Crippen LogP contribution < -0.4 is 14.8 Å². The van der Waals surface area contributed by atoms with E-state index >= 15 is 0 Å². The molecule has 1 aromatic heterocycles. The number of rotatable bonds is 10. The molecule has 2 N–H and O–H groups in total. The highest BCUT2D eigenvalue weighted by molar-refractivity contribution is 7.89. The highest BCUT2D eigenvalue weighted by Gasteiger charge is 2.17. The summed E-state index contributed by atoms with van der Waals surface area (Å²) >= 11 is 1.31. The van der Waals surface area contributed by atoms with Crippen molar-refractivity contribution < 1.29 is 13.2 Å². The van der Waals surface area contributed by atoms with Gasteiger partial charge in [0, 0.05) is 30.5 Å². The molecular weight excluding hydrogens is 420 g/mol. The summed E-state index contributed by atoms with van der Waals surface area (Å²) in [6.07, 6.45) is 1.30. The third-order valence-electron chi connectivity index (χ3n) is 4.53. The second-order valence-electron chi connectivity index (χ2n) is 7.09. The maximum atomic E-state index is 12.5. The smallest absolute Gasteiger partial charge is 0.240 e. The van der Waals surface area contributed by atoms with Crippen molar-refractivity contribution in [2.75, 3.05) is 19.0 Å². The highest BCUT2D eigenvalue weighted by Crippen LogP contribution is 2.17. The molecule has 1 atom stereocenters. The lowest BCUT2D eigenvalue weighted by Crippen LogP contribution is -2.33. The second-order valence-corrected chi connectivity index (χ2v) is 9.56. The summed E-state index contributed by atoms with van der Waals surface area (Å²) in [4.78, 5) is 4.72. The Morgan fingerprint density at radius 3 is 2.47 bits per heavy atom. The molecule has 1 unspecified atom stereocenters. The van der Waals surface area contributed by atoms with Gasteiger partial charge in [-0.2, -0.15) is 4.37 Å².